The molecule has 128 valence electrons. The van der Waals surface area contributed by atoms with Crippen molar-refractivity contribution in [3.8, 4) is 5.88 Å². The number of hydrogen-bond donors (Lipinski definition) is 2. The minimum Gasteiger partial charge on any atom is -0.493 e. The van der Waals surface area contributed by atoms with E-state index in [4.69, 9.17) is 0 Å². The number of nitrogens with zero attached hydrogens (tertiary/aromatic N) is 2. The van der Waals surface area contributed by atoms with E-state index in [0.717, 1.165) is 31.7 Å². The molecular formula is C16H25N3O3S. The van der Waals surface area contributed by atoms with Gasteiger partial charge in [0.15, 0.2) is 5.16 Å². The Kier molecular flexibility index (Phi) is 6.10. The van der Waals surface area contributed by atoms with Crippen LogP contribution in [0.2, 0.25) is 0 Å². The van der Waals surface area contributed by atoms with Gasteiger partial charge in [0.2, 0.25) is 11.8 Å². The number of thioether (sulfide) groups is 1. The summed E-state index contributed by atoms with van der Waals surface area (Å²) in [4.78, 5) is 28.3. The van der Waals surface area contributed by atoms with Gasteiger partial charge in [0.25, 0.3) is 5.56 Å². The zero-order chi connectivity index (χ0) is 17.0. The Bertz CT molecular complexity index is 609. The van der Waals surface area contributed by atoms with Gasteiger partial charge >= 0.3 is 0 Å². The molecule has 6 nitrogen and oxygen atoms in total. The van der Waals surface area contributed by atoms with Gasteiger partial charge in [-0.05, 0) is 25.7 Å². The van der Waals surface area contributed by atoms with E-state index in [0.29, 0.717) is 11.1 Å². The first-order chi connectivity index (χ1) is 10.9. The monoisotopic (exact) mass is 339 g/mol. The van der Waals surface area contributed by atoms with Gasteiger partial charge < -0.3 is 10.4 Å². The van der Waals surface area contributed by atoms with Gasteiger partial charge in [-0.1, -0.05) is 38.5 Å². The molecule has 7 heteroatoms. The maximum absolute atomic E-state index is 12.2. The van der Waals surface area contributed by atoms with Gasteiger partial charge in [-0.2, -0.15) is 4.98 Å². The van der Waals surface area contributed by atoms with E-state index in [1.54, 1.807) is 4.57 Å². The van der Waals surface area contributed by atoms with Crippen LogP contribution >= 0.6 is 11.8 Å². The largest absolute Gasteiger partial charge is 0.493 e. The second-order valence-corrected chi connectivity index (χ2v) is 7.37. The highest BCUT2D eigenvalue weighted by Gasteiger charge is 2.22. The summed E-state index contributed by atoms with van der Waals surface area (Å²) in [6.07, 6.45) is 4.07. The minimum absolute atomic E-state index is 0.0910. The molecule has 23 heavy (non-hydrogen) atoms. The number of carbonyl (C=O) groups excluding carboxylic acids is 1. The Morgan fingerprint density at radius 3 is 2.70 bits per heavy atom. The first-order valence-corrected chi connectivity index (χ1v) is 9.11. The van der Waals surface area contributed by atoms with Crippen LogP contribution in [0, 0.1) is 5.92 Å². The minimum atomic E-state index is -0.289. The highest BCUT2D eigenvalue weighted by Crippen LogP contribution is 2.31. The molecule has 0 aromatic carbocycles. The van der Waals surface area contributed by atoms with Crippen molar-refractivity contribution in [2.75, 3.05) is 5.75 Å². The average Bonchev–Trinajstić information content (AvgIpc) is 2.98. The van der Waals surface area contributed by atoms with Crippen LogP contribution in [0.4, 0.5) is 0 Å². The van der Waals surface area contributed by atoms with Crippen molar-refractivity contribution >= 4 is 17.7 Å². The summed E-state index contributed by atoms with van der Waals surface area (Å²) >= 11 is 1.20. The number of rotatable bonds is 6. The molecule has 0 aliphatic heterocycles. The van der Waals surface area contributed by atoms with Gasteiger partial charge in [-0.25, -0.2) is 0 Å². The quantitative estimate of drug-likeness (QED) is 0.614. The molecule has 0 radical (unpaired) electrons. The number of hydrogen-bond acceptors (Lipinski definition) is 5. The van der Waals surface area contributed by atoms with Crippen molar-refractivity contribution in [3.05, 3.63) is 16.4 Å². The van der Waals surface area contributed by atoms with Crippen molar-refractivity contribution in [2.45, 2.75) is 63.7 Å². The molecule has 1 aromatic heterocycles. The Hall–Kier alpha value is -1.50. The molecule has 1 aliphatic rings. The Labute approximate surface area is 140 Å². The maximum atomic E-state index is 12.2. The summed E-state index contributed by atoms with van der Waals surface area (Å²) in [7, 11) is 0. The van der Waals surface area contributed by atoms with Crippen LogP contribution in [0.3, 0.4) is 0 Å². The van der Waals surface area contributed by atoms with Crippen LogP contribution in [0.15, 0.2) is 16.0 Å². The predicted octanol–water partition coefficient (Wildman–Crippen LogP) is 2.32. The standard InChI is InChI=1S/C16H25N3O3S/c1-10(2)11(3)17-14(21)9-23-16-18-13(20)8-15(22)19(16)12-6-4-5-7-12/h8,10-12,20H,4-7,9H2,1-3H3,(H,17,21)/t11-/m0/s1. The van der Waals surface area contributed by atoms with E-state index in [-0.39, 0.29) is 35.2 Å². The number of aromatic hydroxyl groups is 1. The number of amides is 1. The molecule has 1 aliphatic carbocycles. The van der Waals surface area contributed by atoms with Crippen molar-refractivity contribution in [1.82, 2.24) is 14.9 Å². The predicted molar refractivity (Wildman–Crippen MR) is 90.8 cm³/mol. The molecule has 2 N–H and O–H groups in total. The first kappa shape index (κ1) is 17.8. The molecule has 2 rings (SSSR count). The molecule has 1 aromatic rings. The van der Waals surface area contributed by atoms with Crippen LogP contribution in [-0.2, 0) is 4.79 Å². The van der Waals surface area contributed by atoms with E-state index in [9.17, 15) is 14.7 Å². The van der Waals surface area contributed by atoms with Crippen LogP contribution in [-0.4, -0.2) is 32.4 Å². The van der Waals surface area contributed by atoms with Crippen LogP contribution < -0.4 is 10.9 Å². The van der Waals surface area contributed by atoms with Crippen molar-refractivity contribution < 1.29 is 9.90 Å². The highest BCUT2D eigenvalue weighted by molar-refractivity contribution is 7.99. The summed E-state index contributed by atoms with van der Waals surface area (Å²) in [5.41, 5.74) is -0.247. The van der Waals surface area contributed by atoms with E-state index in [1.807, 2.05) is 20.8 Å². The molecule has 0 saturated heterocycles. The highest BCUT2D eigenvalue weighted by atomic mass is 32.2. The molecule has 1 atom stereocenters. The van der Waals surface area contributed by atoms with Gasteiger partial charge in [0.05, 0.1) is 11.8 Å². The number of aromatic nitrogens is 2. The molecule has 0 spiro atoms. The van der Waals surface area contributed by atoms with Crippen molar-refractivity contribution in [2.24, 2.45) is 5.92 Å². The SMILES string of the molecule is CC(C)[C@H](C)NC(=O)CSc1nc(O)cc(=O)n1C1CCCC1. The molecular weight excluding hydrogens is 314 g/mol. The zero-order valence-electron chi connectivity index (χ0n) is 13.9. The summed E-state index contributed by atoms with van der Waals surface area (Å²) in [6.45, 7) is 6.06. The topological polar surface area (TPSA) is 84.2 Å². The molecule has 0 bridgehead atoms. The summed E-state index contributed by atoms with van der Waals surface area (Å²) in [6, 6.07) is 1.36. The second-order valence-electron chi connectivity index (χ2n) is 6.43. The first-order valence-electron chi connectivity index (χ1n) is 8.13. The summed E-state index contributed by atoms with van der Waals surface area (Å²) < 4.78 is 1.64. The Morgan fingerprint density at radius 1 is 1.43 bits per heavy atom. The van der Waals surface area contributed by atoms with E-state index >= 15 is 0 Å². The molecule has 1 saturated carbocycles. The van der Waals surface area contributed by atoms with E-state index < -0.39 is 0 Å². The number of nitrogens with one attached hydrogen (secondary N) is 1. The molecule has 1 amide bonds. The summed E-state index contributed by atoms with van der Waals surface area (Å²) in [5.74, 6) is 0.161. The fraction of sp³-hybridized carbons (Fsp3) is 0.688. The van der Waals surface area contributed by atoms with Gasteiger partial charge in [0, 0.05) is 12.1 Å². The van der Waals surface area contributed by atoms with Crippen LogP contribution in [0.25, 0.3) is 0 Å². The molecule has 1 fully saturated rings. The lowest BCUT2D eigenvalue weighted by Gasteiger charge is -2.19. The third-order valence-electron chi connectivity index (χ3n) is 4.32. The number of carbonyl (C=O) groups is 1. The lowest BCUT2D eigenvalue weighted by atomic mass is 10.1. The van der Waals surface area contributed by atoms with Crippen LogP contribution in [0.5, 0.6) is 5.88 Å². The smallest absolute Gasteiger partial charge is 0.258 e. The molecule has 1 heterocycles. The lowest BCUT2D eigenvalue weighted by molar-refractivity contribution is -0.119. The molecule has 0 unspecified atom stereocenters. The second kappa shape index (κ2) is 7.86. The Morgan fingerprint density at radius 2 is 2.09 bits per heavy atom. The zero-order valence-corrected chi connectivity index (χ0v) is 14.7. The van der Waals surface area contributed by atoms with Gasteiger partial charge in [-0.3, -0.25) is 14.2 Å². The van der Waals surface area contributed by atoms with Crippen LogP contribution in [0.1, 0.15) is 52.5 Å². The summed E-state index contributed by atoms with van der Waals surface area (Å²) in [5, 5.41) is 13.0. The van der Waals surface area contributed by atoms with Gasteiger partial charge in [0.1, 0.15) is 0 Å². The fourth-order valence-corrected chi connectivity index (χ4v) is 3.53. The third kappa shape index (κ3) is 4.73. The Balaban J connectivity index is 2.09. The lowest BCUT2D eigenvalue weighted by Crippen LogP contribution is -2.37. The normalized spacial score (nSPS) is 16.7. The third-order valence-corrected chi connectivity index (χ3v) is 5.27. The fourth-order valence-electron chi connectivity index (χ4n) is 2.65. The van der Waals surface area contributed by atoms with Crippen molar-refractivity contribution in [1.29, 1.82) is 0 Å². The average molecular weight is 339 g/mol. The maximum Gasteiger partial charge on any atom is 0.258 e. The van der Waals surface area contributed by atoms with E-state index in [1.165, 1.54) is 11.8 Å². The van der Waals surface area contributed by atoms with Gasteiger partial charge in [-0.15, -0.1) is 0 Å². The van der Waals surface area contributed by atoms with Crippen molar-refractivity contribution in [3.63, 3.8) is 0 Å². The van der Waals surface area contributed by atoms with E-state index in [2.05, 4.69) is 10.3 Å².